The maximum Gasteiger partial charge on any atom is 0.339 e. The molecular weight excluding hydrogens is 254 g/mol. The first-order chi connectivity index (χ1) is 9.75. The van der Waals surface area contributed by atoms with Crippen molar-refractivity contribution >= 4 is 16.9 Å². The predicted molar refractivity (Wildman–Crippen MR) is 76.8 cm³/mol. The van der Waals surface area contributed by atoms with Crippen LogP contribution in [0.2, 0.25) is 0 Å². The van der Waals surface area contributed by atoms with Crippen molar-refractivity contribution < 1.29 is 14.3 Å². The highest BCUT2D eigenvalue weighted by Gasteiger charge is 2.20. The van der Waals surface area contributed by atoms with Crippen molar-refractivity contribution in [3.8, 4) is 0 Å². The minimum absolute atomic E-state index is 0.277. The number of carbonyl (C=O) groups is 1. The molecule has 4 heteroatoms. The first-order valence-electron chi connectivity index (χ1n) is 6.88. The molecular formula is C16H17NO3. The number of benzene rings is 1. The van der Waals surface area contributed by atoms with E-state index >= 15 is 0 Å². The van der Waals surface area contributed by atoms with E-state index in [0.29, 0.717) is 29.3 Å². The number of carboxylic acid groups (broad SMARTS) is 1. The Hall–Kier alpha value is -2.07. The number of nitrogens with one attached hydrogen (secondary N) is 1. The first-order valence-corrected chi connectivity index (χ1v) is 6.88. The first kappa shape index (κ1) is 12.9. The molecule has 20 heavy (non-hydrogen) atoms. The molecule has 0 bridgehead atoms. The number of carboxylic acids is 1. The van der Waals surface area contributed by atoms with Crippen molar-refractivity contribution in [1.82, 2.24) is 5.32 Å². The lowest BCUT2D eigenvalue weighted by molar-refractivity contribution is 0.0696. The van der Waals surface area contributed by atoms with E-state index in [9.17, 15) is 9.90 Å². The van der Waals surface area contributed by atoms with Crippen LogP contribution in [0.25, 0.3) is 11.0 Å². The molecule has 1 heterocycles. The summed E-state index contributed by atoms with van der Waals surface area (Å²) in [6.07, 6.45) is 7.49. The van der Waals surface area contributed by atoms with E-state index in [0.717, 1.165) is 19.3 Å². The topological polar surface area (TPSA) is 62.5 Å². The van der Waals surface area contributed by atoms with E-state index in [-0.39, 0.29) is 5.56 Å². The number of para-hydroxylation sites is 1. The number of hydrogen-bond acceptors (Lipinski definition) is 3. The normalized spacial score (nSPS) is 18.5. The number of hydrogen-bond donors (Lipinski definition) is 2. The van der Waals surface area contributed by atoms with Crippen LogP contribution >= 0.6 is 0 Å². The molecule has 0 amide bonds. The van der Waals surface area contributed by atoms with Crippen molar-refractivity contribution in [3.63, 3.8) is 0 Å². The Labute approximate surface area is 117 Å². The quantitative estimate of drug-likeness (QED) is 0.837. The van der Waals surface area contributed by atoms with Crippen LogP contribution in [0.3, 0.4) is 0 Å². The van der Waals surface area contributed by atoms with Gasteiger partial charge in [-0.3, -0.25) is 0 Å². The highest BCUT2D eigenvalue weighted by molar-refractivity contribution is 6.03. The molecule has 1 aromatic carbocycles. The molecule has 1 aliphatic rings. The average Bonchev–Trinajstić information content (AvgIpc) is 2.84. The maximum absolute atomic E-state index is 11.4. The second kappa shape index (κ2) is 5.51. The Kier molecular flexibility index (Phi) is 3.56. The minimum atomic E-state index is -0.935. The van der Waals surface area contributed by atoms with Crippen molar-refractivity contribution in [2.24, 2.45) is 0 Å². The molecule has 0 aliphatic heterocycles. The van der Waals surface area contributed by atoms with E-state index in [2.05, 4.69) is 17.5 Å². The number of fused-ring (bicyclic) bond motifs is 1. The smallest absolute Gasteiger partial charge is 0.339 e. The van der Waals surface area contributed by atoms with Gasteiger partial charge in [-0.2, -0.15) is 0 Å². The van der Waals surface area contributed by atoms with E-state index < -0.39 is 5.97 Å². The Balaban J connectivity index is 1.84. The van der Waals surface area contributed by atoms with Crippen LogP contribution in [-0.4, -0.2) is 17.1 Å². The van der Waals surface area contributed by atoms with E-state index in [1.807, 2.05) is 12.1 Å². The fourth-order valence-electron chi connectivity index (χ4n) is 2.67. The number of rotatable bonds is 4. The molecule has 0 fully saturated rings. The van der Waals surface area contributed by atoms with Gasteiger partial charge in [-0.25, -0.2) is 4.79 Å². The molecule has 0 saturated heterocycles. The average molecular weight is 271 g/mol. The summed E-state index contributed by atoms with van der Waals surface area (Å²) in [5.41, 5.74) is 0.907. The third kappa shape index (κ3) is 2.47. The number of furan rings is 1. The Bertz CT molecular complexity index is 657. The van der Waals surface area contributed by atoms with Crippen LogP contribution in [0.4, 0.5) is 0 Å². The molecule has 0 saturated carbocycles. The van der Waals surface area contributed by atoms with Gasteiger partial charge in [0.1, 0.15) is 16.9 Å². The zero-order valence-electron chi connectivity index (χ0n) is 11.1. The van der Waals surface area contributed by atoms with Gasteiger partial charge in [-0.15, -0.1) is 0 Å². The fraction of sp³-hybridized carbons (Fsp3) is 0.312. The monoisotopic (exact) mass is 271 g/mol. The molecule has 0 radical (unpaired) electrons. The molecule has 0 spiro atoms. The second-order valence-electron chi connectivity index (χ2n) is 5.06. The van der Waals surface area contributed by atoms with Gasteiger partial charge < -0.3 is 14.8 Å². The van der Waals surface area contributed by atoms with Gasteiger partial charge >= 0.3 is 5.97 Å². The van der Waals surface area contributed by atoms with Gasteiger partial charge in [0, 0.05) is 11.4 Å². The highest BCUT2D eigenvalue weighted by Crippen LogP contribution is 2.26. The van der Waals surface area contributed by atoms with Crippen molar-refractivity contribution in [2.45, 2.75) is 31.8 Å². The largest absolute Gasteiger partial charge is 0.478 e. The minimum Gasteiger partial charge on any atom is -0.478 e. The van der Waals surface area contributed by atoms with Gasteiger partial charge in [0.2, 0.25) is 0 Å². The molecule has 3 rings (SSSR count). The van der Waals surface area contributed by atoms with Gasteiger partial charge in [0.25, 0.3) is 0 Å². The summed E-state index contributed by atoms with van der Waals surface area (Å²) < 4.78 is 5.69. The van der Waals surface area contributed by atoms with Gasteiger partial charge in [0.05, 0.1) is 6.54 Å². The molecule has 1 atom stereocenters. The zero-order chi connectivity index (χ0) is 13.9. The predicted octanol–water partition coefficient (Wildman–Crippen LogP) is 3.33. The molecule has 2 aromatic rings. The molecule has 2 N–H and O–H groups in total. The summed E-state index contributed by atoms with van der Waals surface area (Å²) in [4.78, 5) is 11.4. The summed E-state index contributed by atoms with van der Waals surface area (Å²) >= 11 is 0. The third-order valence-electron chi connectivity index (χ3n) is 3.70. The highest BCUT2D eigenvalue weighted by atomic mass is 16.4. The molecule has 1 aromatic heterocycles. The van der Waals surface area contributed by atoms with Crippen molar-refractivity contribution in [3.05, 3.63) is 47.7 Å². The SMILES string of the molecule is O=C(O)c1c(CNC2CC=CCC2)oc2ccccc12. The lowest BCUT2D eigenvalue weighted by Crippen LogP contribution is -2.29. The Morgan fingerprint density at radius 3 is 2.95 bits per heavy atom. The van der Waals surface area contributed by atoms with E-state index in [4.69, 9.17) is 4.42 Å². The standard InChI is InChI=1S/C16H17NO3/c18-16(19)15-12-8-4-5-9-13(12)20-14(15)10-17-11-6-2-1-3-7-11/h1-2,4-5,8-9,11,17H,3,6-7,10H2,(H,18,19). The van der Waals surface area contributed by atoms with Crippen LogP contribution in [0.1, 0.15) is 35.4 Å². The number of allylic oxidation sites excluding steroid dienone is 1. The zero-order valence-corrected chi connectivity index (χ0v) is 11.1. The summed E-state index contributed by atoms with van der Waals surface area (Å²) in [6, 6.07) is 7.66. The summed E-state index contributed by atoms with van der Waals surface area (Å²) in [7, 11) is 0. The van der Waals surface area contributed by atoms with Crippen LogP contribution in [-0.2, 0) is 6.54 Å². The second-order valence-corrected chi connectivity index (χ2v) is 5.06. The van der Waals surface area contributed by atoms with Crippen molar-refractivity contribution in [1.29, 1.82) is 0 Å². The van der Waals surface area contributed by atoms with E-state index in [1.165, 1.54) is 0 Å². The van der Waals surface area contributed by atoms with Crippen LogP contribution in [0, 0.1) is 0 Å². The summed E-state index contributed by atoms with van der Waals surface area (Å²) in [6.45, 7) is 0.453. The van der Waals surface area contributed by atoms with Crippen LogP contribution in [0.5, 0.6) is 0 Å². The Morgan fingerprint density at radius 1 is 1.35 bits per heavy atom. The molecule has 1 aliphatic carbocycles. The summed E-state index contributed by atoms with van der Waals surface area (Å²) in [5, 5.41) is 13.4. The van der Waals surface area contributed by atoms with Crippen LogP contribution in [0.15, 0.2) is 40.8 Å². The van der Waals surface area contributed by atoms with Gasteiger partial charge in [-0.05, 0) is 25.3 Å². The van der Waals surface area contributed by atoms with Crippen molar-refractivity contribution in [2.75, 3.05) is 0 Å². The van der Waals surface area contributed by atoms with Gasteiger partial charge in [-0.1, -0.05) is 30.4 Å². The van der Waals surface area contributed by atoms with Crippen LogP contribution < -0.4 is 5.32 Å². The molecule has 4 nitrogen and oxygen atoms in total. The third-order valence-corrected chi connectivity index (χ3v) is 3.70. The lowest BCUT2D eigenvalue weighted by Gasteiger charge is -2.18. The maximum atomic E-state index is 11.4. The molecule has 104 valence electrons. The molecule has 1 unspecified atom stereocenters. The summed E-state index contributed by atoms with van der Waals surface area (Å²) in [5.74, 6) is -0.427. The Morgan fingerprint density at radius 2 is 2.20 bits per heavy atom. The van der Waals surface area contributed by atoms with E-state index in [1.54, 1.807) is 12.1 Å². The number of aromatic carboxylic acids is 1. The van der Waals surface area contributed by atoms with Gasteiger partial charge in [0.15, 0.2) is 0 Å². The fourth-order valence-corrected chi connectivity index (χ4v) is 2.67. The lowest BCUT2D eigenvalue weighted by atomic mass is 10.0.